The van der Waals surface area contributed by atoms with Crippen molar-refractivity contribution in [3.05, 3.63) is 52.8 Å². The predicted molar refractivity (Wildman–Crippen MR) is 98.2 cm³/mol. The average molecular weight is 360 g/mol. The van der Waals surface area contributed by atoms with Crippen LogP contribution in [0.3, 0.4) is 0 Å². The Morgan fingerprint density at radius 3 is 2.27 bits per heavy atom. The molecule has 0 saturated carbocycles. The third-order valence-electron chi connectivity index (χ3n) is 5.19. The molecule has 1 aromatic heterocycles. The molecule has 1 fully saturated rings. The first kappa shape index (κ1) is 18.8. The molecule has 7 heteroatoms. The van der Waals surface area contributed by atoms with E-state index >= 15 is 0 Å². The molecule has 0 amide bonds. The van der Waals surface area contributed by atoms with Crippen LogP contribution >= 0.6 is 0 Å². The Hall–Kier alpha value is -1.99. The number of rotatable bonds is 3. The van der Waals surface area contributed by atoms with Gasteiger partial charge in [-0.2, -0.15) is 5.10 Å². The molecule has 0 bridgehead atoms. The summed E-state index contributed by atoms with van der Waals surface area (Å²) in [6.07, 6.45) is 1.36. The van der Waals surface area contributed by atoms with Crippen LogP contribution in [0, 0.1) is 19.7 Å². The topological polar surface area (TPSA) is 36.3 Å². The van der Waals surface area contributed by atoms with Crippen molar-refractivity contribution >= 4 is 13.2 Å². The fourth-order valence-corrected chi connectivity index (χ4v) is 2.88. The SMILES string of the molecule is Cc1nn(-c2ccccc2F)c(C)c1C=C(F)B1OC(C)(C)C(C)(C)O1. The Bertz CT molecular complexity index is 858. The Balaban J connectivity index is 1.96. The molecule has 4 nitrogen and oxygen atoms in total. The first-order valence-electron chi connectivity index (χ1n) is 8.57. The molecule has 0 aliphatic carbocycles. The van der Waals surface area contributed by atoms with E-state index in [1.54, 1.807) is 32.0 Å². The number of hydrogen-bond donors (Lipinski definition) is 0. The Morgan fingerprint density at radius 1 is 1.12 bits per heavy atom. The molecular weight excluding hydrogens is 337 g/mol. The van der Waals surface area contributed by atoms with E-state index in [1.807, 2.05) is 27.7 Å². The van der Waals surface area contributed by atoms with Gasteiger partial charge in [0, 0.05) is 11.3 Å². The Kier molecular flexibility index (Phi) is 4.57. The zero-order valence-corrected chi connectivity index (χ0v) is 15.9. The minimum absolute atomic E-state index is 0.323. The molecule has 2 aromatic rings. The lowest BCUT2D eigenvalue weighted by molar-refractivity contribution is 0.00578. The lowest BCUT2D eigenvalue weighted by Gasteiger charge is -2.32. The zero-order valence-electron chi connectivity index (χ0n) is 15.9. The molecule has 2 heterocycles. The smallest absolute Gasteiger partial charge is 0.398 e. The monoisotopic (exact) mass is 360 g/mol. The van der Waals surface area contributed by atoms with Crippen LogP contribution in [-0.2, 0) is 9.31 Å². The molecule has 26 heavy (non-hydrogen) atoms. The van der Waals surface area contributed by atoms with Crippen molar-refractivity contribution in [3.63, 3.8) is 0 Å². The standard InChI is InChI=1S/C19H23BF2N2O2/c1-12-14(11-17(22)20-25-18(3,4)19(5,6)26-20)13(2)24(23-12)16-10-8-7-9-15(16)21/h7-11H,1-6H3. The number of para-hydroxylation sites is 1. The van der Waals surface area contributed by atoms with Gasteiger partial charge in [-0.15, -0.1) is 0 Å². The van der Waals surface area contributed by atoms with Crippen molar-refractivity contribution in [2.75, 3.05) is 0 Å². The van der Waals surface area contributed by atoms with Crippen LogP contribution in [0.1, 0.15) is 44.6 Å². The van der Waals surface area contributed by atoms with Gasteiger partial charge in [0.15, 0.2) is 0 Å². The van der Waals surface area contributed by atoms with Crippen LogP contribution in [0.5, 0.6) is 0 Å². The Labute approximate surface area is 153 Å². The summed E-state index contributed by atoms with van der Waals surface area (Å²) >= 11 is 0. The highest BCUT2D eigenvalue weighted by Gasteiger charge is 2.53. The summed E-state index contributed by atoms with van der Waals surface area (Å²) in [4.78, 5) is 0. The number of hydrogen-bond acceptors (Lipinski definition) is 3. The second-order valence-electron chi connectivity index (χ2n) is 7.57. The largest absolute Gasteiger partial charge is 0.525 e. The highest BCUT2D eigenvalue weighted by Crippen LogP contribution is 2.39. The summed E-state index contributed by atoms with van der Waals surface area (Å²) in [5, 5.41) is 4.36. The van der Waals surface area contributed by atoms with Gasteiger partial charge in [0.25, 0.3) is 0 Å². The van der Waals surface area contributed by atoms with Gasteiger partial charge in [-0.05, 0) is 59.8 Å². The number of aromatic nitrogens is 2. The van der Waals surface area contributed by atoms with Crippen molar-refractivity contribution in [1.29, 1.82) is 0 Å². The molecule has 1 aliphatic rings. The maximum atomic E-state index is 14.8. The fourth-order valence-electron chi connectivity index (χ4n) is 2.88. The summed E-state index contributed by atoms with van der Waals surface area (Å²) < 4.78 is 41.9. The molecule has 0 unspecified atom stereocenters. The van der Waals surface area contributed by atoms with Crippen molar-refractivity contribution in [1.82, 2.24) is 9.78 Å². The summed E-state index contributed by atoms with van der Waals surface area (Å²) in [6, 6.07) is 6.34. The minimum atomic E-state index is -1.07. The van der Waals surface area contributed by atoms with E-state index in [2.05, 4.69) is 5.10 Å². The highest BCUT2D eigenvalue weighted by molar-refractivity contribution is 6.54. The average Bonchev–Trinajstić information content (AvgIpc) is 2.94. The van der Waals surface area contributed by atoms with Crippen LogP contribution in [0.25, 0.3) is 11.8 Å². The molecule has 1 saturated heterocycles. The minimum Gasteiger partial charge on any atom is -0.398 e. The molecule has 0 radical (unpaired) electrons. The van der Waals surface area contributed by atoms with E-state index in [-0.39, 0.29) is 5.82 Å². The van der Waals surface area contributed by atoms with E-state index < -0.39 is 24.0 Å². The molecule has 1 aliphatic heterocycles. The second-order valence-corrected chi connectivity index (χ2v) is 7.57. The van der Waals surface area contributed by atoms with Crippen LogP contribution in [0.2, 0.25) is 0 Å². The van der Waals surface area contributed by atoms with Crippen molar-refractivity contribution in [2.24, 2.45) is 0 Å². The summed E-state index contributed by atoms with van der Waals surface area (Å²) in [6.45, 7) is 11.0. The number of aryl methyl sites for hydroxylation is 1. The second kappa shape index (κ2) is 6.32. The number of nitrogens with zero attached hydrogens (tertiary/aromatic N) is 2. The van der Waals surface area contributed by atoms with E-state index in [0.29, 0.717) is 22.6 Å². The predicted octanol–water partition coefficient (Wildman–Crippen LogP) is 4.57. The summed E-state index contributed by atoms with van der Waals surface area (Å²) in [7, 11) is -1.07. The lowest BCUT2D eigenvalue weighted by atomic mass is 9.86. The Morgan fingerprint density at radius 2 is 1.69 bits per heavy atom. The third-order valence-corrected chi connectivity index (χ3v) is 5.19. The third kappa shape index (κ3) is 3.10. The number of halogens is 2. The van der Waals surface area contributed by atoms with Crippen molar-refractivity contribution in [2.45, 2.75) is 52.7 Å². The van der Waals surface area contributed by atoms with Gasteiger partial charge in [0.2, 0.25) is 0 Å². The van der Waals surface area contributed by atoms with Crippen LogP contribution < -0.4 is 0 Å². The molecular formula is C19H23BF2N2O2. The quantitative estimate of drug-likeness (QED) is 0.753. The fraction of sp³-hybridized carbons (Fsp3) is 0.421. The number of benzene rings is 1. The summed E-state index contributed by atoms with van der Waals surface area (Å²) in [5.74, 6) is -0.389. The van der Waals surface area contributed by atoms with Gasteiger partial charge in [0.1, 0.15) is 17.2 Å². The van der Waals surface area contributed by atoms with E-state index in [1.165, 1.54) is 16.8 Å². The maximum absolute atomic E-state index is 14.8. The van der Waals surface area contributed by atoms with Crippen molar-refractivity contribution in [3.8, 4) is 5.69 Å². The van der Waals surface area contributed by atoms with Gasteiger partial charge in [-0.1, -0.05) is 12.1 Å². The van der Waals surface area contributed by atoms with E-state index in [0.717, 1.165) is 0 Å². The van der Waals surface area contributed by atoms with Crippen molar-refractivity contribution < 1.29 is 18.1 Å². The van der Waals surface area contributed by atoms with Gasteiger partial charge in [-0.3, -0.25) is 0 Å². The van der Waals surface area contributed by atoms with Crippen LogP contribution in [0.15, 0.2) is 30.0 Å². The first-order valence-corrected chi connectivity index (χ1v) is 8.57. The van der Waals surface area contributed by atoms with E-state index in [9.17, 15) is 8.78 Å². The molecule has 1 aromatic carbocycles. The molecule has 0 N–H and O–H groups in total. The van der Waals surface area contributed by atoms with Gasteiger partial charge >= 0.3 is 7.12 Å². The van der Waals surface area contributed by atoms with Crippen LogP contribution in [0.4, 0.5) is 8.78 Å². The van der Waals surface area contributed by atoms with Crippen LogP contribution in [-0.4, -0.2) is 28.1 Å². The molecule has 0 atom stereocenters. The van der Waals surface area contributed by atoms with Gasteiger partial charge < -0.3 is 9.31 Å². The van der Waals surface area contributed by atoms with E-state index in [4.69, 9.17) is 9.31 Å². The first-order chi connectivity index (χ1) is 12.0. The highest BCUT2D eigenvalue weighted by atomic mass is 19.1. The molecule has 3 rings (SSSR count). The zero-order chi connectivity index (χ0) is 19.3. The van der Waals surface area contributed by atoms with Gasteiger partial charge in [-0.25, -0.2) is 13.5 Å². The normalized spacial score (nSPS) is 19.2. The summed E-state index contributed by atoms with van der Waals surface area (Å²) in [5.41, 5.74) is 0.359. The molecule has 138 valence electrons. The maximum Gasteiger partial charge on any atom is 0.525 e. The lowest BCUT2D eigenvalue weighted by Crippen LogP contribution is -2.41. The molecule has 0 spiro atoms. The van der Waals surface area contributed by atoms with Gasteiger partial charge in [0.05, 0.1) is 16.9 Å².